The average molecular weight is 336 g/mol. The molecule has 1 unspecified atom stereocenters. The molecule has 0 aliphatic carbocycles. The summed E-state index contributed by atoms with van der Waals surface area (Å²) in [5.74, 6) is 0.283. The van der Waals surface area contributed by atoms with Gasteiger partial charge in [0.2, 0.25) is 5.91 Å². The Balaban J connectivity index is 1.54. The maximum absolute atomic E-state index is 13.4. The van der Waals surface area contributed by atoms with Crippen LogP contribution in [0.2, 0.25) is 0 Å². The Morgan fingerprint density at radius 3 is 2.64 bits per heavy atom. The number of nitrogens with zero attached hydrogens (tertiary/aromatic N) is 4. The summed E-state index contributed by atoms with van der Waals surface area (Å²) < 4.78 is 0. The summed E-state index contributed by atoms with van der Waals surface area (Å²) in [5, 5.41) is 0. The van der Waals surface area contributed by atoms with E-state index in [2.05, 4.69) is 20.9 Å². The molecule has 1 amide bonds. The maximum Gasteiger partial charge on any atom is 0.243 e. The van der Waals surface area contributed by atoms with Gasteiger partial charge in [0, 0.05) is 31.7 Å². The predicted molar refractivity (Wildman–Crippen MR) is 95.5 cm³/mol. The van der Waals surface area contributed by atoms with Crippen molar-refractivity contribution >= 4 is 5.91 Å². The molecule has 5 heteroatoms. The molecule has 5 nitrogen and oxygen atoms in total. The summed E-state index contributed by atoms with van der Waals surface area (Å²) in [6.45, 7) is 3.23. The van der Waals surface area contributed by atoms with Gasteiger partial charge in [-0.25, -0.2) is 0 Å². The SMILES string of the molecule is O=C1N(Cc2ccccn2)CCCC12CCCN2Cc1cccnc1. The van der Waals surface area contributed by atoms with Crippen LogP contribution < -0.4 is 0 Å². The molecule has 25 heavy (non-hydrogen) atoms. The van der Waals surface area contributed by atoms with Crippen LogP contribution in [0.3, 0.4) is 0 Å². The first-order valence-electron chi connectivity index (χ1n) is 9.11. The molecule has 0 aromatic carbocycles. The fourth-order valence-electron chi connectivity index (χ4n) is 4.31. The van der Waals surface area contributed by atoms with E-state index in [-0.39, 0.29) is 11.4 Å². The fraction of sp³-hybridized carbons (Fsp3) is 0.450. The number of aromatic nitrogens is 2. The molecular weight excluding hydrogens is 312 g/mol. The standard InChI is InChI=1S/C20H24N4O/c25-19-20(8-4-12-23(19)16-18-7-1-2-11-22-18)9-5-13-24(20)15-17-6-3-10-21-14-17/h1-3,6-7,10-11,14H,4-5,8-9,12-13,15-16H2. The molecule has 2 aliphatic heterocycles. The number of piperidine rings is 1. The van der Waals surface area contributed by atoms with E-state index in [1.165, 1.54) is 5.56 Å². The van der Waals surface area contributed by atoms with Gasteiger partial charge in [0.15, 0.2) is 0 Å². The minimum atomic E-state index is -0.330. The number of amides is 1. The van der Waals surface area contributed by atoms with Crippen LogP contribution in [0.4, 0.5) is 0 Å². The van der Waals surface area contributed by atoms with Crippen molar-refractivity contribution in [2.75, 3.05) is 13.1 Å². The van der Waals surface area contributed by atoms with Gasteiger partial charge in [-0.05, 0) is 56.0 Å². The highest BCUT2D eigenvalue weighted by molar-refractivity contribution is 5.87. The van der Waals surface area contributed by atoms with Crippen LogP contribution in [0.5, 0.6) is 0 Å². The molecule has 2 fully saturated rings. The average Bonchev–Trinajstić information content (AvgIpc) is 3.04. The summed E-state index contributed by atoms with van der Waals surface area (Å²) in [5.41, 5.74) is 1.81. The van der Waals surface area contributed by atoms with Gasteiger partial charge < -0.3 is 4.90 Å². The molecule has 1 atom stereocenters. The van der Waals surface area contributed by atoms with Gasteiger partial charge in [-0.1, -0.05) is 12.1 Å². The van der Waals surface area contributed by atoms with Crippen LogP contribution in [0.25, 0.3) is 0 Å². The smallest absolute Gasteiger partial charge is 0.243 e. The van der Waals surface area contributed by atoms with Crippen LogP contribution in [0.15, 0.2) is 48.9 Å². The van der Waals surface area contributed by atoms with Gasteiger partial charge in [-0.15, -0.1) is 0 Å². The van der Waals surface area contributed by atoms with Crippen molar-refractivity contribution in [3.8, 4) is 0 Å². The summed E-state index contributed by atoms with van der Waals surface area (Å²) in [7, 11) is 0. The van der Waals surface area contributed by atoms with Crippen molar-refractivity contribution < 1.29 is 4.79 Å². The monoisotopic (exact) mass is 336 g/mol. The fourth-order valence-corrected chi connectivity index (χ4v) is 4.31. The third-order valence-corrected chi connectivity index (χ3v) is 5.50. The molecule has 0 N–H and O–H groups in total. The quantitative estimate of drug-likeness (QED) is 0.861. The highest BCUT2D eigenvalue weighted by Crippen LogP contribution is 2.39. The number of pyridine rings is 2. The molecule has 2 aromatic heterocycles. The summed E-state index contributed by atoms with van der Waals surface area (Å²) in [6, 6.07) is 9.95. The molecule has 2 aromatic rings. The van der Waals surface area contributed by atoms with Gasteiger partial charge in [0.1, 0.15) is 5.54 Å². The highest BCUT2D eigenvalue weighted by atomic mass is 16.2. The molecule has 2 aliphatic rings. The lowest BCUT2D eigenvalue weighted by Gasteiger charge is -2.44. The molecule has 2 saturated heterocycles. The van der Waals surface area contributed by atoms with Gasteiger partial charge in [-0.2, -0.15) is 0 Å². The molecule has 130 valence electrons. The first-order valence-corrected chi connectivity index (χ1v) is 9.11. The number of carbonyl (C=O) groups is 1. The summed E-state index contributed by atoms with van der Waals surface area (Å²) >= 11 is 0. The zero-order chi connectivity index (χ0) is 17.1. The zero-order valence-electron chi connectivity index (χ0n) is 14.5. The van der Waals surface area contributed by atoms with Gasteiger partial charge in [0.05, 0.1) is 12.2 Å². The van der Waals surface area contributed by atoms with E-state index < -0.39 is 0 Å². The third kappa shape index (κ3) is 3.16. The molecule has 4 rings (SSSR count). The van der Waals surface area contributed by atoms with E-state index in [9.17, 15) is 4.79 Å². The van der Waals surface area contributed by atoms with Crippen molar-refractivity contribution in [3.63, 3.8) is 0 Å². The lowest BCUT2D eigenvalue weighted by Crippen LogP contribution is -2.59. The van der Waals surface area contributed by atoms with E-state index in [0.717, 1.165) is 51.0 Å². The molecular formula is C20H24N4O. The first kappa shape index (κ1) is 16.2. The first-order chi connectivity index (χ1) is 12.3. The second-order valence-corrected chi connectivity index (χ2v) is 7.07. The Kier molecular flexibility index (Phi) is 4.49. The van der Waals surface area contributed by atoms with E-state index in [0.29, 0.717) is 6.54 Å². The third-order valence-electron chi connectivity index (χ3n) is 5.50. The number of rotatable bonds is 4. The Bertz CT molecular complexity index is 721. The van der Waals surface area contributed by atoms with Gasteiger partial charge in [0.25, 0.3) is 0 Å². The van der Waals surface area contributed by atoms with Crippen LogP contribution in [0, 0.1) is 0 Å². The largest absolute Gasteiger partial charge is 0.335 e. The Hall–Kier alpha value is -2.27. The lowest BCUT2D eigenvalue weighted by molar-refractivity contribution is -0.148. The van der Waals surface area contributed by atoms with Crippen molar-refractivity contribution in [3.05, 3.63) is 60.2 Å². The summed E-state index contributed by atoms with van der Waals surface area (Å²) in [4.78, 5) is 26.4. The summed E-state index contributed by atoms with van der Waals surface area (Å²) in [6.07, 6.45) is 9.57. The van der Waals surface area contributed by atoms with E-state index in [1.54, 1.807) is 12.4 Å². The molecule has 0 radical (unpaired) electrons. The van der Waals surface area contributed by atoms with Crippen molar-refractivity contribution in [1.29, 1.82) is 0 Å². The lowest BCUT2D eigenvalue weighted by atomic mass is 9.85. The number of carbonyl (C=O) groups excluding carboxylic acids is 1. The number of likely N-dealkylation sites (tertiary alicyclic amines) is 2. The van der Waals surface area contributed by atoms with Crippen LogP contribution in [-0.4, -0.2) is 44.3 Å². The van der Waals surface area contributed by atoms with Crippen LogP contribution in [0.1, 0.15) is 36.9 Å². The molecule has 4 heterocycles. The topological polar surface area (TPSA) is 49.3 Å². The van der Waals surface area contributed by atoms with Crippen LogP contribution in [-0.2, 0) is 17.9 Å². The normalized spacial score (nSPS) is 24.2. The number of hydrogen-bond acceptors (Lipinski definition) is 4. The number of hydrogen-bond donors (Lipinski definition) is 0. The Labute approximate surface area is 148 Å². The minimum absolute atomic E-state index is 0.283. The molecule has 0 bridgehead atoms. The van der Waals surface area contributed by atoms with Gasteiger partial charge >= 0.3 is 0 Å². The van der Waals surface area contributed by atoms with E-state index in [4.69, 9.17) is 0 Å². The highest BCUT2D eigenvalue weighted by Gasteiger charge is 2.50. The molecule has 0 saturated carbocycles. The van der Waals surface area contributed by atoms with Gasteiger partial charge in [-0.3, -0.25) is 19.7 Å². The van der Waals surface area contributed by atoms with Crippen molar-refractivity contribution in [2.24, 2.45) is 0 Å². The van der Waals surface area contributed by atoms with E-state index in [1.807, 2.05) is 35.4 Å². The minimum Gasteiger partial charge on any atom is -0.335 e. The second kappa shape index (κ2) is 6.92. The molecule has 1 spiro atoms. The maximum atomic E-state index is 13.4. The second-order valence-electron chi connectivity index (χ2n) is 7.07. The zero-order valence-corrected chi connectivity index (χ0v) is 14.5. The Morgan fingerprint density at radius 1 is 1.00 bits per heavy atom. The van der Waals surface area contributed by atoms with Crippen molar-refractivity contribution in [1.82, 2.24) is 19.8 Å². The predicted octanol–water partition coefficient (Wildman–Crippen LogP) is 2.63. The van der Waals surface area contributed by atoms with E-state index >= 15 is 0 Å². The Morgan fingerprint density at radius 2 is 1.88 bits per heavy atom. The van der Waals surface area contributed by atoms with Crippen molar-refractivity contribution in [2.45, 2.75) is 44.3 Å². The van der Waals surface area contributed by atoms with Crippen LogP contribution >= 0.6 is 0 Å².